The van der Waals surface area contributed by atoms with Gasteiger partial charge in [0, 0.05) is 24.7 Å². The lowest BCUT2D eigenvalue weighted by Gasteiger charge is -2.59. The van der Waals surface area contributed by atoms with Crippen LogP contribution in [0.15, 0.2) is 11.6 Å². The average Bonchev–Trinajstić information content (AvgIpc) is 3.16. The first kappa shape index (κ1) is 18.4. The van der Waals surface area contributed by atoms with Gasteiger partial charge in [0.25, 0.3) is 0 Å². The number of ketones is 1. The summed E-state index contributed by atoms with van der Waals surface area (Å²) < 4.78 is 5.99. The van der Waals surface area contributed by atoms with Crippen LogP contribution in [0.3, 0.4) is 0 Å². The number of esters is 1. The Morgan fingerprint density at radius 2 is 1.82 bits per heavy atom. The van der Waals surface area contributed by atoms with Crippen molar-refractivity contribution in [3.8, 4) is 0 Å². The zero-order valence-corrected chi connectivity index (χ0v) is 17.0. The Bertz CT molecular complexity index is 802. The summed E-state index contributed by atoms with van der Waals surface area (Å²) in [7, 11) is 0. The topological polar surface area (TPSA) is 86.5 Å². The molecule has 1 aliphatic heterocycles. The predicted molar refractivity (Wildman–Crippen MR) is 103 cm³/mol. The SMILES string of the molecule is C[C@]12CCC(=O)CC1=C[C@@H](C(N)=O)C1C2CC[C@@]2(C)C1CC[C@@]21CCC(=O)O1. The van der Waals surface area contributed by atoms with E-state index in [2.05, 4.69) is 19.9 Å². The number of allylic oxidation sites excluding steroid dienone is 1. The molecule has 0 aromatic carbocycles. The van der Waals surface area contributed by atoms with E-state index in [9.17, 15) is 14.4 Å². The van der Waals surface area contributed by atoms with Crippen molar-refractivity contribution in [1.29, 1.82) is 0 Å². The van der Waals surface area contributed by atoms with Crippen molar-refractivity contribution < 1.29 is 19.1 Å². The van der Waals surface area contributed by atoms with Crippen molar-refractivity contribution in [3.05, 3.63) is 11.6 Å². The van der Waals surface area contributed by atoms with E-state index >= 15 is 0 Å². The first-order valence-corrected chi connectivity index (χ1v) is 10.9. The molecular formula is C23H31NO4. The molecule has 5 nitrogen and oxygen atoms in total. The fourth-order valence-electron chi connectivity index (χ4n) is 8.07. The average molecular weight is 386 g/mol. The molecule has 0 aromatic heterocycles. The lowest BCUT2D eigenvalue weighted by atomic mass is 9.45. The van der Waals surface area contributed by atoms with Gasteiger partial charge < -0.3 is 10.5 Å². The van der Waals surface area contributed by atoms with Crippen LogP contribution in [0.2, 0.25) is 0 Å². The first-order valence-electron chi connectivity index (χ1n) is 10.9. The number of fused-ring (bicyclic) bond motifs is 6. The molecule has 1 amide bonds. The minimum absolute atomic E-state index is 0.00599. The molecule has 0 bridgehead atoms. The quantitative estimate of drug-likeness (QED) is 0.554. The summed E-state index contributed by atoms with van der Waals surface area (Å²) in [5, 5.41) is 0. The van der Waals surface area contributed by atoms with E-state index in [0.29, 0.717) is 31.1 Å². The molecule has 5 rings (SSSR count). The number of hydrogen-bond donors (Lipinski definition) is 1. The molecule has 152 valence electrons. The Morgan fingerprint density at radius 3 is 2.50 bits per heavy atom. The van der Waals surface area contributed by atoms with Crippen molar-refractivity contribution in [3.63, 3.8) is 0 Å². The number of primary amides is 1. The summed E-state index contributed by atoms with van der Waals surface area (Å²) in [6.45, 7) is 4.60. The number of nitrogens with two attached hydrogens (primary N) is 1. The van der Waals surface area contributed by atoms with Crippen LogP contribution in [-0.2, 0) is 19.1 Å². The first-order chi connectivity index (χ1) is 13.2. The summed E-state index contributed by atoms with van der Waals surface area (Å²) in [6, 6.07) is 0. The highest BCUT2D eigenvalue weighted by Gasteiger charge is 2.68. The third-order valence-electron chi connectivity index (χ3n) is 9.65. The lowest BCUT2D eigenvalue weighted by Crippen LogP contribution is -2.57. The van der Waals surface area contributed by atoms with E-state index in [0.717, 1.165) is 44.1 Å². The lowest BCUT2D eigenvalue weighted by molar-refractivity contribution is -0.170. The number of Topliss-reactive ketones (excluding diaryl/α,β-unsaturated/α-hetero) is 1. The molecule has 4 fully saturated rings. The molecule has 0 aromatic rings. The number of hydrogen-bond acceptors (Lipinski definition) is 4. The van der Waals surface area contributed by atoms with Crippen LogP contribution < -0.4 is 5.73 Å². The Morgan fingerprint density at radius 1 is 1.07 bits per heavy atom. The van der Waals surface area contributed by atoms with Crippen LogP contribution in [0.1, 0.15) is 71.6 Å². The van der Waals surface area contributed by atoms with Crippen LogP contribution in [0, 0.1) is 34.5 Å². The standard InChI is InChI=1S/C23H31NO4/c1-21-7-3-14(25)11-13(21)12-15(20(24)27)19-16(21)4-8-22(2)17(19)5-9-23(22)10-6-18(26)28-23/h12,15-17,19H,3-11H2,1-2H3,(H2,24,27)/t15-,16?,17?,19?,21+,22+,23-/m1/s1. The van der Waals surface area contributed by atoms with Gasteiger partial charge in [-0.05, 0) is 61.7 Å². The van der Waals surface area contributed by atoms with Crippen LogP contribution in [-0.4, -0.2) is 23.3 Å². The molecule has 5 aliphatic rings. The minimum atomic E-state index is -0.352. The van der Waals surface area contributed by atoms with Crippen molar-refractivity contribution in [2.75, 3.05) is 0 Å². The third kappa shape index (κ3) is 2.16. The summed E-state index contributed by atoms with van der Waals surface area (Å²) >= 11 is 0. The maximum Gasteiger partial charge on any atom is 0.306 e. The maximum absolute atomic E-state index is 12.5. The van der Waals surface area contributed by atoms with Crippen LogP contribution >= 0.6 is 0 Å². The fourth-order valence-corrected chi connectivity index (χ4v) is 8.07. The van der Waals surface area contributed by atoms with Gasteiger partial charge in [-0.3, -0.25) is 14.4 Å². The molecule has 5 heteroatoms. The molecular weight excluding hydrogens is 354 g/mol. The molecule has 1 spiro atoms. The summed E-state index contributed by atoms with van der Waals surface area (Å²) in [5.74, 6) is 0.539. The van der Waals surface area contributed by atoms with Crippen LogP contribution in [0.5, 0.6) is 0 Å². The molecule has 4 aliphatic carbocycles. The highest BCUT2D eigenvalue weighted by atomic mass is 16.6. The Hall–Kier alpha value is -1.65. The largest absolute Gasteiger partial charge is 0.458 e. The fraction of sp³-hybridized carbons (Fsp3) is 0.783. The van der Waals surface area contributed by atoms with E-state index in [1.54, 1.807) is 0 Å². The summed E-state index contributed by atoms with van der Waals surface area (Å²) in [6.07, 6.45) is 9.33. The van der Waals surface area contributed by atoms with Crippen molar-refractivity contribution in [2.24, 2.45) is 40.2 Å². The van der Waals surface area contributed by atoms with Crippen molar-refractivity contribution in [2.45, 2.75) is 77.2 Å². The van der Waals surface area contributed by atoms with Gasteiger partial charge in [0.2, 0.25) is 5.91 Å². The molecule has 1 heterocycles. The summed E-state index contributed by atoms with van der Waals surface area (Å²) in [4.78, 5) is 36.7. The second kappa shape index (κ2) is 5.70. The van der Waals surface area contributed by atoms with Gasteiger partial charge in [0.1, 0.15) is 11.4 Å². The normalized spacial score (nSPS) is 49.9. The predicted octanol–water partition coefficient (Wildman–Crippen LogP) is 3.31. The van der Waals surface area contributed by atoms with Gasteiger partial charge in [0.05, 0.1) is 5.92 Å². The summed E-state index contributed by atoms with van der Waals surface area (Å²) in [5.41, 5.74) is 6.62. The highest BCUT2D eigenvalue weighted by Crippen LogP contribution is 2.70. The minimum Gasteiger partial charge on any atom is -0.458 e. The van der Waals surface area contributed by atoms with E-state index in [4.69, 9.17) is 10.5 Å². The van der Waals surface area contributed by atoms with Crippen molar-refractivity contribution >= 4 is 17.7 Å². The number of rotatable bonds is 1. The molecule has 3 saturated carbocycles. The Balaban J connectivity index is 1.58. The van der Waals surface area contributed by atoms with E-state index in [1.807, 2.05) is 0 Å². The molecule has 7 atom stereocenters. The number of carbonyl (C=O) groups excluding carboxylic acids is 3. The number of carbonyl (C=O) groups is 3. The van der Waals surface area contributed by atoms with Gasteiger partial charge in [-0.2, -0.15) is 0 Å². The second-order valence-electron chi connectivity index (χ2n) is 10.5. The third-order valence-corrected chi connectivity index (χ3v) is 9.65. The smallest absolute Gasteiger partial charge is 0.306 e. The van der Waals surface area contributed by atoms with Gasteiger partial charge in [-0.15, -0.1) is 0 Å². The van der Waals surface area contributed by atoms with E-state index in [-0.39, 0.29) is 45.9 Å². The molecule has 1 saturated heterocycles. The number of ether oxygens (including phenoxy) is 1. The molecule has 3 unspecified atom stereocenters. The molecule has 0 radical (unpaired) electrons. The van der Waals surface area contributed by atoms with Gasteiger partial charge in [0.15, 0.2) is 0 Å². The Labute approximate surface area is 166 Å². The zero-order chi connectivity index (χ0) is 19.9. The van der Waals surface area contributed by atoms with E-state index in [1.165, 1.54) is 0 Å². The molecule has 2 N–H and O–H groups in total. The zero-order valence-electron chi connectivity index (χ0n) is 17.0. The molecule has 28 heavy (non-hydrogen) atoms. The van der Waals surface area contributed by atoms with Crippen molar-refractivity contribution in [1.82, 2.24) is 0 Å². The van der Waals surface area contributed by atoms with Crippen LogP contribution in [0.4, 0.5) is 0 Å². The van der Waals surface area contributed by atoms with Gasteiger partial charge >= 0.3 is 5.97 Å². The Kier molecular flexibility index (Phi) is 3.74. The van der Waals surface area contributed by atoms with E-state index < -0.39 is 0 Å². The second-order valence-corrected chi connectivity index (χ2v) is 10.5. The maximum atomic E-state index is 12.5. The highest BCUT2D eigenvalue weighted by molar-refractivity contribution is 5.84. The van der Waals surface area contributed by atoms with Gasteiger partial charge in [-0.1, -0.05) is 25.5 Å². The monoisotopic (exact) mass is 385 g/mol. The van der Waals surface area contributed by atoms with Gasteiger partial charge in [-0.25, -0.2) is 0 Å². The van der Waals surface area contributed by atoms with Crippen LogP contribution in [0.25, 0.3) is 0 Å². The number of amides is 1.